The van der Waals surface area contributed by atoms with Gasteiger partial charge < -0.3 is 10.2 Å². The Morgan fingerprint density at radius 3 is 2.58 bits per heavy atom. The number of anilines is 2. The van der Waals surface area contributed by atoms with E-state index in [9.17, 15) is 9.59 Å². The highest BCUT2D eigenvalue weighted by Gasteiger charge is 2.35. The Labute approximate surface area is 142 Å². The molecule has 0 saturated carbocycles. The first kappa shape index (κ1) is 16.2. The topological polar surface area (TPSA) is 49.4 Å². The van der Waals surface area contributed by atoms with Crippen LogP contribution >= 0.6 is 0 Å². The van der Waals surface area contributed by atoms with Crippen molar-refractivity contribution in [2.24, 2.45) is 5.92 Å². The Hall–Kier alpha value is -2.62. The van der Waals surface area contributed by atoms with E-state index in [1.165, 1.54) is 5.56 Å². The van der Waals surface area contributed by atoms with E-state index in [-0.39, 0.29) is 24.2 Å². The van der Waals surface area contributed by atoms with Crippen molar-refractivity contribution in [2.75, 3.05) is 16.8 Å². The maximum absolute atomic E-state index is 12.5. The van der Waals surface area contributed by atoms with Gasteiger partial charge in [0.25, 0.3) is 0 Å². The molecule has 124 valence electrons. The van der Waals surface area contributed by atoms with Crippen LogP contribution in [0.25, 0.3) is 0 Å². The lowest BCUT2D eigenvalue weighted by Gasteiger charge is -2.17. The third-order valence-corrected chi connectivity index (χ3v) is 4.58. The summed E-state index contributed by atoms with van der Waals surface area (Å²) in [5.74, 6) is -0.415. The van der Waals surface area contributed by atoms with Crippen LogP contribution in [0.1, 0.15) is 23.1 Å². The number of hydrogen-bond acceptors (Lipinski definition) is 2. The number of carbonyl (C=O) groups is 2. The normalized spacial score (nSPS) is 17.2. The molecule has 0 bridgehead atoms. The molecule has 1 heterocycles. The minimum Gasteiger partial charge on any atom is -0.326 e. The fourth-order valence-corrected chi connectivity index (χ4v) is 2.99. The lowest BCUT2D eigenvalue weighted by molar-refractivity contribution is -0.122. The number of aryl methyl sites for hydroxylation is 3. The quantitative estimate of drug-likeness (QED) is 0.938. The fourth-order valence-electron chi connectivity index (χ4n) is 2.99. The van der Waals surface area contributed by atoms with E-state index in [0.29, 0.717) is 6.54 Å². The van der Waals surface area contributed by atoms with Gasteiger partial charge >= 0.3 is 0 Å². The molecule has 1 aliphatic rings. The van der Waals surface area contributed by atoms with Gasteiger partial charge in [-0.2, -0.15) is 0 Å². The van der Waals surface area contributed by atoms with Crippen molar-refractivity contribution in [2.45, 2.75) is 27.2 Å². The minimum absolute atomic E-state index is 0.000775. The van der Waals surface area contributed by atoms with E-state index >= 15 is 0 Å². The van der Waals surface area contributed by atoms with E-state index in [2.05, 4.69) is 5.32 Å². The predicted molar refractivity (Wildman–Crippen MR) is 96.2 cm³/mol. The van der Waals surface area contributed by atoms with E-state index in [1.807, 2.05) is 63.2 Å². The van der Waals surface area contributed by atoms with Crippen LogP contribution in [0.3, 0.4) is 0 Å². The van der Waals surface area contributed by atoms with Crippen LogP contribution in [-0.2, 0) is 9.59 Å². The molecule has 0 radical (unpaired) electrons. The van der Waals surface area contributed by atoms with Crippen LogP contribution < -0.4 is 10.2 Å². The van der Waals surface area contributed by atoms with E-state index in [1.54, 1.807) is 4.90 Å². The Kier molecular flexibility index (Phi) is 4.38. The summed E-state index contributed by atoms with van der Waals surface area (Å²) < 4.78 is 0. The molecule has 2 amide bonds. The van der Waals surface area contributed by atoms with Crippen LogP contribution in [0.4, 0.5) is 11.4 Å². The molecule has 1 saturated heterocycles. The van der Waals surface area contributed by atoms with Gasteiger partial charge in [-0.1, -0.05) is 18.2 Å². The van der Waals surface area contributed by atoms with Gasteiger partial charge in [-0.25, -0.2) is 0 Å². The van der Waals surface area contributed by atoms with Crippen molar-refractivity contribution in [1.29, 1.82) is 0 Å². The van der Waals surface area contributed by atoms with Crippen LogP contribution in [0.15, 0.2) is 42.5 Å². The molecule has 24 heavy (non-hydrogen) atoms. The second kappa shape index (κ2) is 6.48. The minimum atomic E-state index is -0.320. The predicted octanol–water partition coefficient (Wildman–Crippen LogP) is 3.60. The molecule has 0 unspecified atom stereocenters. The zero-order valence-corrected chi connectivity index (χ0v) is 14.3. The molecule has 0 aliphatic carbocycles. The number of nitrogens with zero attached hydrogens (tertiary/aromatic N) is 1. The first-order chi connectivity index (χ1) is 11.4. The Bertz CT molecular complexity index is 798. The van der Waals surface area contributed by atoms with Gasteiger partial charge in [0.15, 0.2) is 0 Å². The number of nitrogens with one attached hydrogen (secondary N) is 1. The molecule has 3 rings (SSSR count). The molecular weight excluding hydrogens is 300 g/mol. The molecule has 1 fully saturated rings. The maximum Gasteiger partial charge on any atom is 0.229 e. The highest BCUT2D eigenvalue weighted by atomic mass is 16.2. The van der Waals surface area contributed by atoms with E-state index in [0.717, 1.165) is 22.5 Å². The molecule has 2 aromatic carbocycles. The zero-order chi connectivity index (χ0) is 17.3. The SMILES string of the molecule is Cc1cccc(N2C[C@@H](C(=O)Nc3ccc(C)c(C)c3)CC2=O)c1. The van der Waals surface area contributed by atoms with Crippen molar-refractivity contribution in [1.82, 2.24) is 0 Å². The Morgan fingerprint density at radius 1 is 1.08 bits per heavy atom. The largest absolute Gasteiger partial charge is 0.326 e. The Morgan fingerprint density at radius 2 is 1.88 bits per heavy atom. The molecule has 4 nitrogen and oxygen atoms in total. The summed E-state index contributed by atoms with van der Waals surface area (Å²) in [6, 6.07) is 13.7. The molecular formula is C20H22N2O2. The average Bonchev–Trinajstić information content (AvgIpc) is 2.93. The van der Waals surface area contributed by atoms with E-state index in [4.69, 9.17) is 0 Å². The maximum atomic E-state index is 12.5. The molecule has 1 N–H and O–H groups in total. The lowest BCUT2D eigenvalue weighted by atomic mass is 10.1. The van der Waals surface area contributed by atoms with Crippen molar-refractivity contribution in [3.8, 4) is 0 Å². The van der Waals surface area contributed by atoms with Gasteiger partial charge in [0, 0.05) is 24.3 Å². The summed E-state index contributed by atoms with van der Waals surface area (Å²) >= 11 is 0. The number of carbonyl (C=O) groups excluding carboxylic acids is 2. The van der Waals surface area contributed by atoms with Gasteiger partial charge in [0.05, 0.1) is 5.92 Å². The molecule has 0 spiro atoms. The number of hydrogen-bond donors (Lipinski definition) is 1. The van der Waals surface area contributed by atoms with Gasteiger partial charge in [-0.05, 0) is 61.7 Å². The van der Waals surface area contributed by atoms with Crippen molar-refractivity contribution in [3.63, 3.8) is 0 Å². The van der Waals surface area contributed by atoms with E-state index < -0.39 is 0 Å². The molecule has 4 heteroatoms. The molecule has 1 aliphatic heterocycles. The smallest absolute Gasteiger partial charge is 0.229 e. The second-order valence-corrected chi connectivity index (χ2v) is 6.53. The molecule has 0 aromatic heterocycles. The van der Waals surface area contributed by atoms with Gasteiger partial charge in [-0.15, -0.1) is 0 Å². The third-order valence-electron chi connectivity index (χ3n) is 4.58. The summed E-state index contributed by atoms with van der Waals surface area (Å²) in [5, 5.41) is 2.94. The average molecular weight is 322 g/mol. The number of benzene rings is 2. The van der Waals surface area contributed by atoms with Crippen molar-refractivity contribution >= 4 is 23.2 Å². The summed E-state index contributed by atoms with van der Waals surface area (Å²) in [6.07, 6.45) is 0.255. The van der Waals surface area contributed by atoms with Crippen molar-refractivity contribution in [3.05, 3.63) is 59.2 Å². The first-order valence-electron chi connectivity index (χ1n) is 8.19. The highest BCUT2D eigenvalue weighted by Crippen LogP contribution is 2.27. The van der Waals surface area contributed by atoms with Gasteiger partial charge in [-0.3, -0.25) is 9.59 Å². The summed E-state index contributed by atoms with van der Waals surface area (Å²) in [5.41, 5.74) is 5.07. The number of amides is 2. The highest BCUT2D eigenvalue weighted by molar-refractivity contribution is 6.03. The second-order valence-electron chi connectivity index (χ2n) is 6.53. The lowest BCUT2D eigenvalue weighted by Crippen LogP contribution is -2.28. The summed E-state index contributed by atoms with van der Waals surface area (Å²) in [4.78, 5) is 26.5. The summed E-state index contributed by atoms with van der Waals surface area (Å²) in [7, 11) is 0. The van der Waals surface area contributed by atoms with Crippen LogP contribution in [0.5, 0.6) is 0 Å². The van der Waals surface area contributed by atoms with Crippen LogP contribution in [0, 0.1) is 26.7 Å². The Balaban J connectivity index is 1.70. The fraction of sp³-hybridized carbons (Fsp3) is 0.300. The molecule has 1 atom stereocenters. The zero-order valence-electron chi connectivity index (χ0n) is 14.3. The third kappa shape index (κ3) is 3.32. The van der Waals surface area contributed by atoms with Crippen LogP contribution in [-0.4, -0.2) is 18.4 Å². The first-order valence-corrected chi connectivity index (χ1v) is 8.19. The van der Waals surface area contributed by atoms with Crippen molar-refractivity contribution < 1.29 is 9.59 Å². The number of rotatable bonds is 3. The van der Waals surface area contributed by atoms with Crippen LogP contribution in [0.2, 0.25) is 0 Å². The standard InChI is InChI=1S/C20H22N2O2/c1-13-5-4-6-18(9-13)22-12-16(11-19(22)23)20(24)21-17-8-7-14(2)15(3)10-17/h4-10,16H,11-12H2,1-3H3,(H,21,24)/t16-/m0/s1. The summed E-state index contributed by atoms with van der Waals surface area (Å²) in [6.45, 7) is 6.48. The molecule has 2 aromatic rings. The van der Waals surface area contributed by atoms with Gasteiger partial charge in [0.2, 0.25) is 11.8 Å². The van der Waals surface area contributed by atoms with Gasteiger partial charge in [0.1, 0.15) is 0 Å². The monoisotopic (exact) mass is 322 g/mol.